The first-order valence-corrected chi connectivity index (χ1v) is 8.27. The highest BCUT2D eigenvalue weighted by molar-refractivity contribution is 5.86. The molecule has 1 fully saturated rings. The van der Waals surface area contributed by atoms with E-state index in [-0.39, 0.29) is 18.9 Å². The summed E-state index contributed by atoms with van der Waals surface area (Å²) in [5.74, 6) is -0.0258. The molecule has 1 heterocycles. The molecule has 0 saturated carbocycles. The van der Waals surface area contributed by atoms with Gasteiger partial charge in [0.1, 0.15) is 11.5 Å². The lowest BCUT2D eigenvalue weighted by Gasteiger charge is -2.16. The maximum absolute atomic E-state index is 11.9. The van der Waals surface area contributed by atoms with Crippen LogP contribution in [0.25, 0.3) is 0 Å². The number of aliphatic carboxylic acids is 1. The van der Waals surface area contributed by atoms with Crippen molar-refractivity contribution in [2.75, 3.05) is 6.54 Å². The average Bonchev–Trinajstić information content (AvgIpc) is 2.94. The molecule has 1 saturated heterocycles. The molecule has 1 atom stereocenters. The molecule has 1 amide bonds. The van der Waals surface area contributed by atoms with Gasteiger partial charge in [0.15, 0.2) is 0 Å². The molecule has 25 heavy (non-hydrogen) atoms. The Hall–Kier alpha value is -2.82. The number of likely N-dealkylation sites (tertiary alicyclic amines) is 1. The average molecular weight is 339 g/mol. The highest BCUT2D eigenvalue weighted by atomic mass is 16.5. The molecule has 1 unspecified atom stereocenters. The molecule has 5 heteroatoms. The molecule has 1 N–H and O–H groups in total. The summed E-state index contributed by atoms with van der Waals surface area (Å²) in [6.45, 7) is 4.71. The van der Waals surface area contributed by atoms with E-state index in [1.165, 1.54) is 0 Å². The van der Waals surface area contributed by atoms with Gasteiger partial charge in [0.05, 0.1) is 5.92 Å². The van der Waals surface area contributed by atoms with E-state index >= 15 is 0 Å². The van der Waals surface area contributed by atoms with Gasteiger partial charge in [-0.1, -0.05) is 30.3 Å². The zero-order valence-electron chi connectivity index (χ0n) is 14.4. The second-order valence-corrected chi connectivity index (χ2v) is 6.48. The lowest BCUT2D eigenvalue weighted by atomic mass is 10.1. The standard InChI is InChI=1S/C20H21NO4/c1-13-4-3-5-14(2)19(13)25-17-8-6-15(7-9-17)11-21-12-16(20(23)24)10-18(21)22/h3-9,16H,10-12H2,1-2H3,(H,23,24). The number of hydrogen-bond acceptors (Lipinski definition) is 3. The van der Waals surface area contributed by atoms with Gasteiger partial charge in [0.2, 0.25) is 5.91 Å². The Morgan fingerprint density at radius 2 is 1.80 bits per heavy atom. The number of carboxylic acid groups (broad SMARTS) is 1. The Bertz CT molecular complexity index is 778. The zero-order valence-corrected chi connectivity index (χ0v) is 14.4. The van der Waals surface area contributed by atoms with Crippen LogP contribution in [0.3, 0.4) is 0 Å². The van der Waals surface area contributed by atoms with Crippen LogP contribution in [0.4, 0.5) is 0 Å². The lowest BCUT2D eigenvalue weighted by Crippen LogP contribution is -2.25. The number of rotatable bonds is 5. The molecule has 0 aromatic heterocycles. The minimum Gasteiger partial charge on any atom is -0.481 e. The number of aryl methyl sites for hydroxylation is 2. The van der Waals surface area contributed by atoms with E-state index in [4.69, 9.17) is 9.84 Å². The Kier molecular flexibility index (Phi) is 4.74. The number of carboxylic acids is 1. The number of benzene rings is 2. The van der Waals surface area contributed by atoms with E-state index in [1.807, 2.05) is 56.3 Å². The van der Waals surface area contributed by atoms with Gasteiger partial charge < -0.3 is 14.7 Å². The number of carbonyl (C=O) groups is 2. The van der Waals surface area contributed by atoms with Crippen LogP contribution in [-0.4, -0.2) is 28.4 Å². The Labute approximate surface area is 146 Å². The largest absolute Gasteiger partial charge is 0.481 e. The fourth-order valence-corrected chi connectivity index (χ4v) is 3.05. The fourth-order valence-electron chi connectivity index (χ4n) is 3.05. The van der Waals surface area contributed by atoms with Gasteiger partial charge in [-0.3, -0.25) is 9.59 Å². The number of nitrogens with zero attached hydrogens (tertiary/aromatic N) is 1. The number of hydrogen-bond donors (Lipinski definition) is 1. The molecular formula is C20H21NO4. The molecule has 1 aliphatic heterocycles. The quantitative estimate of drug-likeness (QED) is 0.905. The van der Waals surface area contributed by atoms with Gasteiger partial charge >= 0.3 is 5.97 Å². The SMILES string of the molecule is Cc1cccc(C)c1Oc1ccc(CN2CC(C(=O)O)CC2=O)cc1. The summed E-state index contributed by atoms with van der Waals surface area (Å²) in [4.78, 5) is 24.5. The number of carbonyl (C=O) groups excluding carboxylic acids is 1. The molecule has 0 aliphatic carbocycles. The topological polar surface area (TPSA) is 66.8 Å². The summed E-state index contributed by atoms with van der Waals surface area (Å²) in [7, 11) is 0. The van der Waals surface area contributed by atoms with Crippen LogP contribution in [0, 0.1) is 19.8 Å². The van der Waals surface area contributed by atoms with Crippen molar-refractivity contribution < 1.29 is 19.4 Å². The van der Waals surface area contributed by atoms with Crippen molar-refractivity contribution in [3.05, 3.63) is 59.2 Å². The van der Waals surface area contributed by atoms with Crippen molar-refractivity contribution in [3.8, 4) is 11.5 Å². The third-order valence-electron chi connectivity index (χ3n) is 4.49. The maximum Gasteiger partial charge on any atom is 0.308 e. The summed E-state index contributed by atoms with van der Waals surface area (Å²) < 4.78 is 5.98. The molecule has 2 aromatic carbocycles. The third kappa shape index (κ3) is 3.82. The molecule has 0 spiro atoms. The fraction of sp³-hybridized carbons (Fsp3) is 0.300. The van der Waals surface area contributed by atoms with Crippen molar-refractivity contribution in [3.63, 3.8) is 0 Å². The molecule has 5 nitrogen and oxygen atoms in total. The Morgan fingerprint density at radius 3 is 2.36 bits per heavy atom. The summed E-state index contributed by atoms with van der Waals surface area (Å²) >= 11 is 0. The van der Waals surface area contributed by atoms with Crippen molar-refractivity contribution in [2.24, 2.45) is 5.92 Å². The minimum absolute atomic E-state index is 0.0864. The van der Waals surface area contributed by atoms with Crippen LogP contribution in [0.15, 0.2) is 42.5 Å². The van der Waals surface area contributed by atoms with Crippen molar-refractivity contribution >= 4 is 11.9 Å². The van der Waals surface area contributed by atoms with Crippen LogP contribution in [0.5, 0.6) is 11.5 Å². The van der Waals surface area contributed by atoms with Crippen LogP contribution in [0.2, 0.25) is 0 Å². The smallest absolute Gasteiger partial charge is 0.308 e. The first kappa shape index (κ1) is 17.0. The van der Waals surface area contributed by atoms with Gasteiger partial charge in [-0.25, -0.2) is 0 Å². The maximum atomic E-state index is 11.9. The molecule has 1 aliphatic rings. The normalized spacial score (nSPS) is 17.0. The van der Waals surface area contributed by atoms with Gasteiger partial charge in [-0.05, 0) is 42.7 Å². The summed E-state index contributed by atoms with van der Waals surface area (Å²) in [6, 6.07) is 13.6. The molecular weight excluding hydrogens is 318 g/mol. The minimum atomic E-state index is -0.909. The van der Waals surface area contributed by atoms with E-state index < -0.39 is 11.9 Å². The molecule has 0 bridgehead atoms. The van der Waals surface area contributed by atoms with E-state index in [1.54, 1.807) is 4.90 Å². The highest BCUT2D eigenvalue weighted by Gasteiger charge is 2.33. The van der Waals surface area contributed by atoms with Crippen molar-refractivity contribution in [2.45, 2.75) is 26.8 Å². The van der Waals surface area contributed by atoms with E-state index in [2.05, 4.69) is 0 Å². The summed E-state index contributed by atoms with van der Waals surface area (Å²) in [5, 5.41) is 9.04. The first-order valence-electron chi connectivity index (χ1n) is 8.27. The summed E-state index contributed by atoms with van der Waals surface area (Å²) in [5.41, 5.74) is 3.10. The second kappa shape index (κ2) is 6.97. The second-order valence-electron chi connectivity index (χ2n) is 6.48. The highest BCUT2D eigenvalue weighted by Crippen LogP contribution is 2.29. The van der Waals surface area contributed by atoms with Crippen LogP contribution in [-0.2, 0) is 16.1 Å². The van der Waals surface area contributed by atoms with Crippen LogP contribution < -0.4 is 4.74 Å². The monoisotopic (exact) mass is 339 g/mol. The van der Waals surface area contributed by atoms with E-state index in [9.17, 15) is 9.59 Å². The third-order valence-corrected chi connectivity index (χ3v) is 4.49. The number of para-hydroxylation sites is 1. The zero-order chi connectivity index (χ0) is 18.0. The number of amides is 1. The number of ether oxygens (including phenoxy) is 1. The Balaban J connectivity index is 1.67. The predicted octanol–water partition coefficient (Wildman–Crippen LogP) is 3.53. The molecule has 130 valence electrons. The van der Waals surface area contributed by atoms with E-state index in [0.29, 0.717) is 6.54 Å². The molecule has 2 aromatic rings. The van der Waals surface area contributed by atoms with Gasteiger partial charge in [-0.2, -0.15) is 0 Å². The Morgan fingerprint density at radius 1 is 1.16 bits per heavy atom. The van der Waals surface area contributed by atoms with Gasteiger partial charge in [0.25, 0.3) is 0 Å². The van der Waals surface area contributed by atoms with E-state index in [0.717, 1.165) is 28.2 Å². The molecule has 0 radical (unpaired) electrons. The van der Waals surface area contributed by atoms with Crippen molar-refractivity contribution in [1.82, 2.24) is 4.90 Å². The molecule has 3 rings (SSSR count). The first-order chi connectivity index (χ1) is 11.9. The van der Waals surface area contributed by atoms with Crippen LogP contribution in [0.1, 0.15) is 23.1 Å². The van der Waals surface area contributed by atoms with Crippen molar-refractivity contribution in [1.29, 1.82) is 0 Å². The predicted molar refractivity (Wildman–Crippen MR) is 93.6 cm³/mol. The summed E-state index contributed by atoms with van der Waals surface area (Å²) in [6.07, 6.45) is 0.0864. The van der Waals surface area contributed by atoms with Crippen LogP contribution >= 0.6 is 0 Å². The van der Waals surface area contributed by atoms with Gasteiger partial charge in [-0.15, -0.1) is 0 Å². The lowest BCUT2D eigenvalue weighted by molar-refractivity contribution is -0.141. The van der Waals surface area contributed by atoms with Gasteiger partial charge in [0, 0.05) is 19.5 Å².